The van der Waals surface area contributed by atoms with Gasteiger partial charge in [0.15, 0.2) is 5.96 Å². The van der Waals surface area contributed by atoms with Crippen LogP contribution < -0.4 is 5.32 Å². The summed E-state index contributed by atoms with van der Waals surface area (Å²) in [6, 6.07) is 0. The van der Waals surface area contributed by atoms with E-state index >= 15 is 0 Å². The van der Waals surface area contributed by atoms with Crippen molar-refractivity contribution in [3.8, 4) is 0 Å². The predicted octanol–water partition coefficient (Wildman–Crippen LogP) is 1.15. The lowest BCUT2D eigenvalue weighted by atomic mass is 9.84. The van der Waals surface area contributed by atoms with Gasteiger partial charge in [-0.2, -0.15) is 0 Å². The first-order valence-corrected chi connectivity index (χ1v) is 10.5. The van der Waals surface area contributed by atoms with Crippen molar-refractivity contribution >= 4 is 41.8 Å². The van der Waals surface area contributed by atoms with Gasteiger partial charge in [-0.15, -0.1) is 24.0 Å². The Morgan fingerprint density at radius 2 is 1.72 bits per heavy atom. The quantitative estimate of drug-likeness (QED) is 0.342. The van der Waals surface area contributed by atoms with Gasteiger partial charge >= 0.3 is 0 Å². The molecule has 2 heterocycles. The number of nitrogens with zero attached hydrogens (tertiary/aromatic N) is 4. The van der Waals surface area contributed by atoms with Crippen molar-refractivity contribution in [1.29, 1.82) is 0 Å². The van der Waals surface area contributed by atoms with Crippen LogP contribution in [0, 0.1) is 5.41 Å². The van der Waals surface area contributed by atoms with Crippen LogP contribution in [0.2, 0.25) is 0 Å². The van der Waals surface area contributed by atoms with Crippen LogP contribution in [0.15, 0.2) is 4.99 Å². The number of carbonyl (C=O) groups excluding carboxylic acids is 2. The zero-order valence-electron chi connectivity index (χ0n) is 18.0. The predicted molar refractivity (Wildman–Crippen MR) is 123 cm³/mol. The highest BCUT2D eigenvalue weighted by Crippen LogP contribution is 2.39. The smallest absolute Gasteiger partial charge is 0.251 e. The second-order valence-corrected chi connectivity index (χ2v) is 8.40. The van der Waals surface area contributed by atoms with Crippen LogP contribution in [0.4, 0.5) is 0 Å². The zero-order valence-corrected chi connectivity index (χ0v) is 20.3. The minimum atomic E-state index is -0.322. The summed E-state index contributed by atoms with van der Waals surface area (Å²) in [5.74, 6) is 1.16. The molecule has 8 nitrogen and oxygen atoms in total. The van der Waals surface area contributed by atoms with Crippen molar-refractivity contribution in [1.82, 2.24) is 20.0 Å². The van der Waals surface area contributed by atoms with Crippen LogP contribution >= 0.6 is 24.0 Å². The molecule has 0 aromatic carbocycles. The molecule has 1 N–H and O–H groups in total. The van der Waals surface area contributed by atoms with Crippen molar-refractivity contribution in [2.45, 2.75) is 44.6 Å². The third-order valence-corrected chi connectivity index (χ3v) is 6.31. The highest BCUT2D eigenvalue weighted by molar-refractivity contribution is 14.0. The molecule has 0 radical (unpaired) electrons. The van der Waals surface area contributed by atoms with Gasteiger partial charge in [0, 0.05) is 60.5 Å². The number of hydrogen-bond donors (Lipinski definition) is 1. The van der Waals surface area contributed by atoms with Crippen LogP contribution in [0.5, 0.6) is 0 Å². The molecule has 9 heteroatoms. The van der Waals surface area contributed by atoms with Gasteiger partial charge in [-0.1, -0.05) is 12.8 Å². The number of aliphatic imine (C=N–C) groups is 1. The first-order chi connectivity index (χ1) is 13.5. The SMILES string of the molecule is CN=C(NCC1(C(=O)N(C)C)CCCC1)N1CCN(C(=O)C2CCCO2)CC1.I. The third kappa shape index (κ3) is 5.53. The van der Waals surface area contributed by atoms with E-state index in [9.17, 15) is 9.59 Å². The van der Waals surface area contributed by atoms with E-state index in [1.54, 1.807) is 11.9 Å². The number of rotatable bonds is 4. The van der Waals surface area contributed by atoms with E-state index in [1.165, 1.54) is 0 Å². The van der Waals surface area contributed by atoms with Gasteiger partial charge < -0.3 is 24.8 Å². The van der Waals surface area contributed by atoms with E-state index in [2.05, 4.69) is 15.2 Å². The minimum Gasteiger partial charge on any atom is -0.368 e. The lowest BCUT2D eigenvalue weighted by Crippen LogP contribution is -2.56. The standard InChI is InChI=1S/C20H35N5O3.HI/c1-21-19(22-15-20(8-4-5-9-20)18(27)23(2)3)25-12-10-24(11-13-25)17(26)16-7-6-14-28-16;/h16H,4-15H2,1-3H3,(H,21,22);1H. The van der Waals surface area contributed by atoms with Gasteiger partial charge in [0.25, 0.3) is 5.91 Å². The highest BCUT2D eigenvalue weighted by atomic mass is 127. The van der Waals surface area contributed by atoms with Crippen LogP contribution in [-0.2, 0) is 14.3 Å². The van der Waals surface area contributed by atoms with Gasteiger partial charge in [0.2, 0.25) is 5.91 Å². The Bertz CT molecular complexity index is 593. The Morgan fingerprint density at radius 1 is 1.10 bits per heavy atom. The molecule has 1 unspecified atom stereocenters. The van der Waals surface area contributed by atoms with E-state index < -0.39 is 0 Å². The van der Waals surface area contributed by atoms with Crippen LogP contribution in [0.25, 0.3) is 0 Å². The Morgan fingerprint density at radius 3 is 2.24 bits per heavy atom. The van der Waals surface area contributed by atoms with Crippen molar-refractivity contribution in [2.75, 3.05) is 60.5 Å². The van der Waals surface area contributed by atoms with Gasteiger partial charge in [0.05, 0.1) is 5.41 Å². The van der Waals surface area contributed by atoms with Gasteiger partial charge in [-0.3, -0.25) is 14.6 Å². The topological polar surface area (TPSA) is 77.5 Å². The largest absolute Gasteiger partial charge is 0.368 e. The molecule has 166 valence electrons. The summed E-state index contributed by atoms with van der Waals surface area (Å²) >= 11 is 0. The Labute approximate surface area is 191 Å². The molecule has 0 aromatic rings. The first kappa shape index (κ1) is 24.2. The minimum absolute atomic E-state index is 0. The van der Waals surface area contributed by atoms with Crippen molar-refractivity contribution < 1.29 is 14.3 Å². The molecule has 1 aliphatic carbocycles. The lowest BCUT2D eigenvalue weighted by Gasteiger charge is -2.38. The number of guanidine groups is 1. The number of amides is 2. The Hall–Kier alpha value is -1.10. The number of nitrogens with one attached hydrogen (secondary N) is 1. The van der Waals surface area contributed by atoms with E-state index in [1.807, 2.05) is 19.0 Å². The van der Waals surface area contributed by atoms with Crippen molar-refractivity contribution in [3.63, 3.8) is 0 Å². The molecule has 0 aromatic heterocycles. The Balaban J connectivity index is 0.00000300. The summed E-state index contributed by atoms with van der Waals surface area (Å²) in [5.41, 5.74) is -0.322. The van der Waals surface area contributed by atoms with Crippen molar-refractivity contribution in [3.05, 3.63) is 0 Å². The number of piperazine rings is 1. The summed E-state index contributed by atoms with van der Waals surface area (Å²) in [4.78, 5) is 35.5. The molecule has 3 fully saturated rings. The van der Waals surface area contributed by atoms with Crippen LogP contribution in [0.3, 0.4) is 0 Å². The van der Waals surface area contributed by atoms with Gasteiger partial charge in [-0.25, -0.2) is 0 Å². The third-order valence-electron chi connectivity index (χ3n) is 6.31. The lowest BCUT2D eigenvalue weighted by molar-refractivity contribution is -0.142. The molecule has 29 heavy (non-hydrogen) atoms. The molecule has 1 saturated carbocycles. The summed E-state index contributed by atoms with van der Waals surface area (Å²) in [6.07, 6.45) is 5.62. The monoisotopic (exact) mass is 521 g/mol. The summed E-state index contributed by atoms with van der Waals surface area (Å²) in [6.45, 7) is 4.16. The molecular weight excluding hydrogens is 485 g/mol. The average Bonchev–Trinajstić information content (AvgIpc) is 3.40. The van der Waals surface area contributed by atoms with Crippen LogP contribution in [-0.4, -0.2) is 99.1 Å². The highest BCUT2D eigenvalue weighted by Gasteiger charge is 2.42. The molecule has 2 amide bonds. The maximum Gasteiger partial charge on any atom is 0.251 e. The number of halogens is 1. The maximum absolute atomic E-state index is 12.8. The zero-order chi connectivity index (χ0) is 20.1. The number of carbonyl (C=O) groups is 2. The fraction of sp³-hybridized carbons (Fsp3) is 0.850. The summed E-state index contributed by atoms with van der Waals surface area (Å²) in [5, 5.41) is 3.46. The maximum atomic E-state index is 12.8. The van der Waals surface area contributed by atoms with E-state index in [0.29, 0.717) is 26.2 Å². The fourth-order valence-electron chi connectivity index (χ4n) is 4.69. The normalized spacial score (nSPS) is 24.2. The summed E-state index contributed by atoms with van der Waals surface area (Å²) in [7, 11) is 5.45. The molecule has 3 rings (SSSR count). The first-order valence-electron chi connectivity index (χ1n) is 10.5. The van der Waals surface area contributed by atoms with Gasteiger partial charge in [0.1, 0.15) is 6.10 Å². The average molecular weight is 521 g/mol. The number of hydrogen-bond acceptors (Lipinski definition) is 4. The van der Waals surface area contributed by atoms with Crippen LogP contribution in [0.1, 0.15) is 38.5 Å². The van der Waals surface area contributed by atoms with E-state index in [-0.39, 0.29) is 47.3 Å². The number of ether oxygens (including phenoxy) is 1. The molecule has 3 aliphatic rings. The molecule has 1 atom stereocenters. The van der Waals surface area contributed by atoms with E-state index in [4.69, 9.17) is 4.74 Å². The van der Waals surface area contributed by atoms with Crippen molar-refractivity contribution in [2.24, 2.45) is 10.4 Å². The summed E-state index contributed by atoms with van der Waals surface area (Å²) < 4.78 is 5.53. The van der Waals surface area contributed by atoms with Gasteiger partial charge in [-0.05, 0) is 25.7 Å². The molecule has 2 saturated heterocycles. The molecule has 0 spiro atoms. The second-order valence-electron chi connectivity index (χ2n) is 8.40. The molecule has 0 bridgehead atoms. The second kappa shape index (κ2) is 10.8. The fourth-order valence-corrected chi connectivity index (χ4v) is 4.69. The Kier molecular flexibility index (Phi) is 8.99. The molecular formula is C20H36IN5O3. The van der Waals surface area contributed by atoms with E-state index in [0.717, 1.165) is 57.6 Å². The molecule has 2 aliphatic heterocycles.